The molecule has 114 valence electrons. The smallest absolute Gasteiger partial charge is 0.0841 e. The highest BCUT2D eigenvalue weighted by Crippen LogP contribution is 2.40. The summed E-state index contributed by atoms with van der Waals surface area (Å²) in [5, 5.41) is 10.7. The van der Waals surface area contributed by atoms with Crippen molar-refractivity contribution in [3.63, 3.8) is 0 Å². The summed E-state index contributed by atoms with van der Waals surface area (Å²) in [5.41, 5.74) is 3.66. The van der Waals surface area contributed by atoms with Crippen LogP contribution in [0.5, 0.6) is 0 Å². The summed E-state index contributed by atoms with van der Waals surface area (Å²) in [6, 6.07) is 6.57. The molecule has 0 aliphatic heterocycles. The molecule has 0 saturated carbocycles. The number of aliphatic hydroxyl groups excluding tert-OH is 1. The molecule has 0 aliphatic rings. The molecule has 1 N–H and O–H groups in total. The zero-order chi connectivity index (χ0) is 15.9. The summed E-state index contributed by atoms with van der Waals surface area (Å²) in [5.74, 6) is 0. The van der Waals surface area contributed by atoms with Crippen molar-refractivity contribution >= 4 is 0 Å². The van der Waals surface area contributed by atoms with Gasteiger partial charge in [0.1, 0.15) is 0 Å². The molecule has 1 rings (SSSR count). The van der Waals surface area contributed by atoms with Gasteiger partial charge in [-0.05, 0) is 32.9 Å². The molecule has 1 aromatic rings. The van der Waals surface area contributed by atoms with Crippen LogP contribution in [0, 0.1) is 5.41 Å². The lowest BCUT2D eigenvalue weighted by molar-refractivity contribution is 0.0611. The fraction of sp³-hybridized carbons (Fsp3) is 0.684. The van der Waals surface area contributed by atoms with Gasteiger partial charge in [0.05, 0.1) is 6.10 Å². The maximum Gasteiger partial charge on any atom is 0.0841 e. The fourth-order valence-electron chi connectivity index (χ4n) is 2.38. The van der Waals surface area contributed by atoms with Crippen LogP contribution in [0.25, 0.3) is 0 Å². The second kappa shape index (κ2) is 5.18. The van der Waals surface area contributed by atoms with Crippen molar-refractivity contribution in [2.75, 3.05) is 0 Å². The van der Waals surface area contributed by atoms with Gasteiger partial charge < -0.3 is 5.11 Å². The van der Waals surface area contributed by atoms with Crippen molar-refractivity contribution < 1.29 is 5.11 Å². The predicted octanol–water partition coefficient (Wildman–Crippen LogP) is 5.36. The van der Waals surface area contributed by atoms with Crippen molar-refractivity contribution in [2.24, 2.45) is 5.41 Å². The lowest BCUT2D eigenvalue weighted by Crippen LogP contribution is -2.24. The zero-order valence-corrected chi connectivity index (χ0v) is 14.8. The first-order valence-electron chi connectivity index (χ1n) is 7.57. The molecule has 0 heterocycles. The van der Waals surface area contributed by atoms with E-state index in [9.17, 15) is 5.11 Å². The summed E-state index contributed by atoms with van der Waals surface area (Å²) in [6.07, 6.45) is -0.439. The Morgan fingerprint density at radius 1 is 0.800 bits per heavy atom. The topological polar surface area (TPSA) is 20.2 Å². The Morgan fingerprint density at radius 2 is 1.30 bits per heavy atom. The van der Waals surface area contributed by atoms with E-state index in [1.165, 1.54) is 11.1 Å². The first kappa shape index (κ1) is 17.2. The Morgan fingerprint density at radius 3 is 1.65 bits per heavy atom. The van der Waals surface area contributed by atoms with Gasteiger partial charge in [0.2, 0.25) is 0 Å². The molecule has 0 saturated heterocycles. The first-order valence-corrected chi connectivity index (χ1v) is 7.57. The van der Waals surface area contributed by atoms with Crippen LogP contribution in [0.1, 0.15) is 85.1 Å². The van der Waals surface area contributed by atoms with Crippen LogP contribution in [0.3, 0.4) is 0 Å². The van der Waals surface area contributed by atoms with Gasteiger partial charge in [-0.15, -0.1) is 0 Å². The summed E-state index contributed by atoms with van der Waals surface area (Å²) in [6.45, 7) is 19.6. The highest BCUT2D eigenvalue weighted by Gasteiger charge is 2.30. The van der Waals surface area contributed by atoms with Gasteiger partial charge in [0, 0.05) is 0 Å². The highest BCUT2D eigenvalue weighted by molar-refractivity contribution is 5.40. The SMILES string of the molecule is CC(C)(C)c1ccc(C(O)C(C)(C)C)c(C(C)(C)C)c1. The molecule has 20 heavy (non-hydrogen) atoms. The molecule has 1 unspecified atom stereocenters. The third-order valence-electron chi connectivity index (χ3n) is 3.84. The standard InChI is InChI=1S/C19H32O/c1-17(2,3)13-10-11-14(16(20)19(7,8)9)15(12-13)18(4,5)6/h10-12,16,20H,1-9H3. The summed E-state index contributed by atoms with van der Waals surface area (Å²) in [4.78, 5) is 0. The number of aliphatic hydroxyl groups is 1. The second-order valence-electron chi connectivity index (χ2n) is 9.07. The van der Waals surface area contributed by atoms with Crippen LogP contribution >= 0.6 is 0 Å². The second-order valence-corrected chi connectivity index (χ2v) is 9.07. The molecule has 0 radical (unpaired) electrons. The van der Waals surface area contributed by atoms with E-state index in [0.29, 0.717) is 0 Å². The maximum absolute atomic E-state index is 10.7. The van der Waals surface area contributed by atoms with Gasteiger partial charge in [0.15, 0.2) is 0 Å². The minimum atomic E-state index is -0.439. The van der Waals surface area contributed by atoms with Crippen molar-refractivity contribution in [1.29, 1.82) is 0 Å². The molecule has 0 fully saturated rings. The Bertz CT molecular complexity index is 464. The molecular formula is C19H32O. The van der Waals surface area contributed by atoms with Gasteiger partial charge in [-0.2, -0.15) is 0 Å². The van der Waals surface area contributed by atoms with Crippen LogP contribution in [0.2, 0.25) is 0 Å². The zero-order valence-electron chi connectivity index (χ0n) is 14.8. The number of rotatable bonds is 1. The summed E-state index contributed by atoms with van der Waals surface area (Å²) >= 11 is 0. The predicted molar refractivity (Wildman–Crippen MR) is 88.3 cm³/mol. The number of hydrogen-bond acceptors (Lipinski definition) is 1. The van der Waals surface area contributed by atoms with E-state index >= 15 is 0 Å². The summed E-state index contributed by atoms with van der Waals surface area (Å²) in [7, 11) is 0. The Balaban J connectivity index is 3.48. The van der Waals surface area contributed by atoms with Crippen LogP contribution in [0.4, 0.5) is 0 Å². The van der Waals surface area contributed by atoms with Crippen molar-refractivity contribution in [3.8, 4) is 0 Å². The van der Waals surface area contributed by atoms with E-state index in [2.05, 4.69) is 80.5 Å². The van der Waals surface area contributed by atoms with Crippen LogP contribution in [-0.4, -0.2) is 5.11 Å². The fourth-order valence-corrected chi connectivity index (χ4v) is 2.38. The maximum atomic E-state index is 10.7. The van der Waals surface area contributed by atoms with Gasteiger partial charge >= 0.3 is 0 Å². The minimum Gasteiger partial charge on any atom is -0.388 e. The van der Waals surface area contributed by atoms with Crippen molar-refractivity contribution in [3.05, 3.63) is 34.9 Å². The van der Waals surface area contributed by atoms with E-state index in [1.807, 2.05) is 0 Å². The average Bonchev–Trinajstić information content (AvgIpc) is 2.23. The van der Waals surface area contributed by atoms with E-state index in [1.54, 1.807) is 0 Å². The lowest BCUT2D eigenvalue weighted by atomic mass is 9.74. The van der Waals surface area contributed by atoms with Crippen LogP contribution in [0.15, 0.2) is 18.2 Å². The molecule has 1 aromatic carbocycles. The molecule has 1 atom stereocenters. The average molecular weight is 276 g/mol. The first-order chi connectivity index (χ1) is 8.74. The Hall–Kier alpha value is -0.820. The van der Waals surface area contributed by atoms with E-state index in [4.69, 9.17) is 0 Å². The van der Waals surface area contributed by atoms with E-state index < -0.39 is 6.10 Å². The van der Waals surface area contributed by atoms with Crippen molar-refractivity contribution in [1.82, 2.24) is 0 Å². The Labute approximate surface area is 125 Å². The molecule has 0 aromatic heterocycles. The van der Waals surface area contributed by atoms with E-state index in [0.717, 1.165) is 5.56 Å². The lowest BCUT2D eigenvalue weighted by Gasteiger charge is -2.33. The molecule has 0 bridgehead atoms. The third kappa shape index (κ3) is 3.85. The molecule has 0 aliphatic carbocycles. The van der Waals surface area contributed by atoms with Crippen LogP contribution < -0.4 is 0 Å². The molecule has 1 heteroatoms. The quantitative estimate of drug-likeness (QED) is 0.732. The minimum absolute atomic E-state index is 0.0306. The van der Waals surface area contributed by atoms with E-state index in [-0.39, 0.29) is 16.2 Å². The van der Waals surface area contributed by atoms with Crippen LogP contribution in [-0.2, 0) is 10.8 Å². The summed E-state index contributed by atoms with van der Waals surface area (Å²) < 4.78 is 0. The Kier molecular flexibility index (Phi) is 4.46. The molecule has 0 amide bonds. The largest absolute Gasteiger partial charge is 0.388 e. The normalized spacial score (nSPS) is 15.3. The monoisotopic (exact) mass is 276 g/mol. The van der Waals surface area contributed by atoms with Gasteiger partial charge in [-0.1, -0.05) is 80.5 Å². The van der Waals surface area contributed by atoms with Gasteiger partial charge in [-0.25, -0.2) is 0 Å². The molecule has 1 nitrogen and oxygen atoms in total. The molecule has 0 spiro atoms. The number of hydrogen-bond donors (Lipinski definition) is 1. The highest BCUT2D eigenvalue weighted by atomic mass is 16.3. The van der Waals surface area contributed by atoms with Crippen molar-refractivity contribution in [2.45, 2.75) is 79.2 Å². The molecular weight excluding hydrogens is 244 g/mol. The number of benzene rings is 1. The van der Waals surface area contributed by atoms with Gasteiger partial charge in [-0.3, -0.25) is 0 Å². The third-order valence-corrected chi connectivity index (χ3v) is 3.84. The van der Waals surface area contributed by atoms with Gasteiger partial charge in [0.25, 0.3) is 0 Å².